The van der Waals surface area contributed by atoms with Gasteiger partial charge in [-0.2, -0.15) is 0 Å². The Bertz CT molecular complexity index is 272. The molecule has 0 aliphatic heterocycles. The van der Waals surface area contributed by atoms with Gasteiger partial charge >= 0.3 is 0 Å². The van der Waals surface area contributed by atoms with E-state index in [0.29, 0.717) is 12.6 Å². The molecule has 106 valence electrons. The highest BCUT2D eigenvalue weighted by Gasteiger charge is 2.41. The summed E-state index contributed by atoms with van der Waals surface area (Å²) < 4.78 is 16.1. The second-order valence-electron chi connectivity index (χ2n) is 5.58. The van der Waals surface area contributed by atoms with Crippen molar-refractivity contribution in [2.45, 2.75) is 51.3 Å². The summed E-state index contributed by atoms with van der Waals surface area (Å²) in [6, 6.07) is 0. The van der Waals surface area contributed by atoms with E-state index in [4.69, 9.17) is 13.9 Å². The van der Waals surface area contributed by atoms with E-state index in [9.17, 15) is 9.59 Å². The van der Waals surface area contributed by atoms with Crippen LogP contribution in [0, 0.1) is 0 Å². The third-order valence-corrected chi connectivity index (χ3v) is 7.67. The lowest BCUT2D eigenvalue weighted by atomic mass is 10.2. The van der Waals surface area contributed by atoms with Crippen LogP contribution in [0.15, 0.2) is 0 Å². The van der Waals surface area contributed by atoms with Gasteiger partial charge in [-0.25, -0.2) is 0 Å². The molecule has 5 nitrogen and oxygen atoms in total. The summed E-state index contributed by atoms with van der Waals surface area (Å²) in [5.74, 6) is 0. The average molecular weight is 276 g/mol. The Kier molecular flexibility index (Phi) is 6.91. The molecular weight excluding hydrogens is 252 g/mol. The molecule has 0 aromatic rings. The van der Waals surface area contributed by atoms with Crippen molar-refractivity contribution in [3.8, 4) is 0 Å². The summed E-state index contributed by atoms with van der Waals surface area (Å²) in [7, 11) is -0.669. The Morgan fingerprint density at radius 3 is 2.11 bits per heavy atom. The Labute approximate surface area is 110 Å². The van der Waals surface area contributed by atoms with E-state index in [-0.39, 0.29) is 11.6 Å². The van der Waals surface area contributed by atoms with Crippen molar-refractivity contribution >= 4 is 20.9 Å². The van der Waals surface area contributed by atoms with Crippen LogP contribution in [-0.2, 0) is 23.5 Å². The van der Waals surface area contributed by atoms with Gasteiger partial charge in [-0.15, -0.1) is 0 Å². The minimum Gasteiger partial charge on any atom is -0.403 e. The van der Waals surface area contributed by atoms with Gasteiger partial charge in [0.1, 0.15) is 12.9 Å². The second-order valence-corrected chi connectivity index (χ2v) is 10.3. The molecule has 0 spiro atoms. The van der Waals surface area contributed by atoms with Crippen molar-refractivity contribution in [2.24, 2.45) is 0 Å². The Hall–Kier alpha value is -0.563. The fraction of sp³-hybridized carbons (Fsp3) is 0.833. The van der Waals surface area contributed by atoms with Crippen LogP contribution in [-0.4, -0.2) is 47.0 Å². The number of ether oxygens (including phenoxy) is 2. The molecule has 6 heteroatoms. The monoisotopic (exact) mass is 276 g/mol. The fourth-order valence-electron chi connectivity index (χ4n) is 1.10. The summed E-state index contributed by atoms with van der Waals surface area (Å²) in [6.45, 7) is 10.2. The molecule has 0 radical (unpaired) electrons. The number of methoxy groups -OCH3 is 1. The van der Waals surface area contributed by atoms with Gasteiger partial charge in [-0.1, -0.05) is 20.8 Å². The lowest BCUT2D eigenvalue weighted by Gasteiger charge is -2.39. The van der Waals surface area contributed by atoms with Crippen molar-refractivity contribution in [3.63, 3.8) is 0 Å². The number of hydrogen-bond acceptors (Lipinski definition) is 5. The van der Waals surface area contributed by atoms with Gasteiger partial charge in [0.15, 0.2) is 27.0 Å². The van der Waals surface area contributed by atoms with Gasteiger partial charge in [0.2, 0.25) is 0 Å². The highest BCUT2D eigenvalue weighted by molar-refractivity contribution is 6.74. The molecule has 0 unspecified atom stereocenters. The Balaban J connectivity index is 4.76. The first-order valence-corrected chi connectivity index (χ1v) is 8.81. The summed E-state index contributed by atoms with van der Waals surface area (Å²) >= 11 is 0. The Morgan fingerprint density at radius 1 is 1.22 bits per heavy atom. The molecule has 0 saturated heterocycles. The minimum atomic E-state index is -2.09. The van der Waals surface area contributed by atoms with E-state index in [0.717, 1.165) is 0 Å². The van der Waals surface area contributed by atoms with Gasteiger partial charge in [0, 0.05) is 7.11 Å². The molecule has 0 fully saturated rings. The molecule has 0 amide bonds. The van der Waals surface area contributed by atoms with Crippen molar-refractivity contribution < 1.29 is 23.5 Å². The third-order valence-electron chi connectivity index (χ3n) is 3.20. The standard InChI is InChI=1S/C12H24O5Si/c1-12(2,3)18(5,6)17-10(9-14)11(15-4)16-8-7-13/h7,9-11H,8H2,1-6H3/t10-,11-/m0/s1. The lowest BCUT2D eigenvalue weighted by Crippen LogP contribution is -2.48. The van der Waals surface area contributed by atoms with E-state index < -0.39 is 20.7 Å². The van der Waals surface area contributed by atoms with Crippen LogP contribution in [0.5, 0.6) is 0 Å². The minimum absolute atomic E-state index is 0.0167. The predicted molar refractivity (Wildman–Crippen MR) is 70.9 cm³/mol. The number of carbonyl (C=O) groups is 2. The van der Waals surface area contributed by atoms with Crippen LogP contribution in [0.2, 0.25) is 18.1 Å². The molecule has 0 heterocycles. The van der Waals surface area contributed by atoms with Crippen molar-refractivity contribution in [1.82, 2.24) is 0 Å². The molecule has 0 aromatic carbocycles. The molecule has 0 rings (SSSR count). The number of carbonyl (C=O) groups excluding carboxylic acids is 2. The van der Waals surface area contributed by atoms with Crippen molar-refractivity contribution in [2.75, 3.05) is 13.7 Å². The fourth-order valence-corrected chi connectivity index (χ4v) is 2.30. The van der Waals surface area contributed by atoms with Gasteiger partial charge in [0.25, 0.3) is 0 Å². The third kappa shape index (κ3) is 4.97. The molecule has 0 aliphatic carbocycles. The van der Waals surface area contributed by atoms with Crippen LogP contribution < -0.4 is 0 Å². The number of hydrogen-bond donors (Lipinski definition) is 0. The van der Waals surface area contributed by atoms with Crippen LogP contribution >= 0.6 is 0 Å². The van der Waals surface area contributed by atoms with Gasteiger partial charge in [-0.05, 0) is 18.1 Å². The summed E-state index contributed by atoms with van der Waals surface area (Å²) in [4.78, 5) is 21.4. The first kappa shape index (κ1) is 17.4. The molecular formula is C12H24O5Si. The normalized spacial score (nSPS) is 16.1. The maximum absolute atomic E-state index is 11.1. The zero-order valence-electron chi connectivity index (χ0n) is 12.1. The molecule has 0 saturated carbocycles. The maximum atomic E-state index is 11.1. The van der Waals surface area contributed by atoms with Crippen LogP contribution in [0.4, 0.5) is 0 Å². The highest BCUT2D eigenvalue weighted by atomic mass is 28.4. The van der Waals surface area contributed by atoms with Crippen LogP contribution in [0.1, 0.15) is 20.8 Å². The van der Waals surface area contributed by atoms with Crippen LogP contribution in [0.3, 0.4) is 0 Å². The zero-order chi connectivity index (χ0) is 14.4. The first-order valence-electron chi connectivity index (χ1n) is 5.90. The smallest absolute Gasteiger partial charge is 0.193 e. The number of rotatable bonds is 8. The van der Waals surface area contributed by atoms with E-state index in [1.807, 2.05) is 13.1 Å². The van der Waals surface area contributed by atoms with Crippen molar-refractivity contribution in [3.05, 3.63) is 0 Å². The molecule has 0 bridgehead atoms. The van der Waals surface area contributed by atoms with E-state index in [1.54, 1.807) is 0 Å². The molecule has 0 N–H and O–H groups in total. The van der Waals surface area contributed by atoms with E-state index in [2.05, 4.69) is 20.8 Å². The van der Waals surface area contributed by atoms with Crippen LogP contribution in [0.25, 0.3) is 0 Å². The van der Waals surface area contributed by atoms with Gasteiger partial charge < -0.3 is 23.5 Å². The first-order chi connectivity index (χ1) is 8.19. The Morgan fingerprint density at radius 2 is 1.78 bits per heavy atom. The highest BCUT2D eigenvalue weighted by Crippen LogP contribution is 2.37. The van der Waals surface area contributed by atoms with Gasteiger partial charge in [0.05, 0.1) is 0 Å². The SMILES string of the molecule is CO[C@@H](OCC=O)[C@H](C=O)O[Si](C)(C)C(C)(C)C. The average Bonchev–Trinajstić information content (AvgIpc) is 2.26. The van der Waals surface area contributed by atoms with Gasteiger partial charge in [-0.3, -0.25) is 0 Å². The predicted octanol–water partition coefficient (Wildman–Crippen LogP) is 1.76. The summed E-state index contributed by atoms with van der Waals surface area (Å²) in [5, 5.41) is -0.0167. The second kappa shape index (κ2) is 7.13. The number of aldehydes is 2. The van der Waals surface area contributed by atoms with E-state index >= 15 is 0 Å². The van der Waals surface area contributed by atoms with Crippen molar-refractivity contribution in [1.29, 1.82) is 0 Å². The largest absolute Gasteiger partial charge is 0.403 e. The zero-order valence-corrected chi connectivity index (χ0v) is 13.1. The molecule has 18 heavy (non-hydrogen) atoms. The molecule has 2 atom stereocenters. The molecule has 0 aromatic heterocycles. The quantitative estimate of drug-likeness (QED) is 0.384. The van der Waals surface area contributed by atoms with E-state index in [1.165, 1.54) is 7.11 Å². The maximum Gasteiger partial charge on any atom is 0.193 e. The summed E-state index contributed by atoms with van der Waals surface area (Å²) in [5.41, 5.74) is 0. The lowest BCUT2D eigenvalue weighted by molar-refractivity contribution is -0.175. The topological polar surface area (TPSA) is 61.8 Å². The summed E-state index contributed by atoms with van der Waals surface area (Å²) in [6.07, 6.45) is -0.377. The molecule has 0 aliphatic rings.